The predicted octanol–water partition coefficient (Wildman–Crippen LogP) is 1.75. The molecule has 2 aromatic rings. The lowest BCUT2D eigenvalue weighted by Gasteiger charge is -2.35. The highest BCUT2D eigenvalue weighted by atomic mass is 16.3. The maximum atomic E-state index is 5.53. The van der Waals surface area contributed by atoms with Gasteiger partial charge in [-0.05, 0) is 19.2 Å². The van der Waals surface area contributed by atoms with E-state index >= 15 is 0 Å². The standard InChI is InChI=1S/C14H17N3O/c1-17(13-7-15-8-13)9-12-10-18-14(16-12)11-5-3-2-4-6-11/h2-6,10,13,15H,7-9H2,1H3. The third-order valence-corrected chi connectivity index (χ3v) is 3.37. The number of aromatic nitrogens is 1. The molecule has 0 aliphatic carbocycles. The zero-order valence-corrected chi connectivity index (χ0v) is 10.5. The van der Waals surface area contributed by atoms with Crippen molar-refractivity contribution in [2.45, 2.75) is 12.6 Å². The molecule has 18 heavy (non-hydrogen) atoms. The van der Waals surface area contributed by atoms with Crippen LogP contribution in [-0.4, -0.2) is 36.1 Å². The number of oxazole rings is 1. The van der Waals surface area contributed by atoms with Crippen LogP contribution in [-0.2, 0) is 6.54 Å². The molecule has 4 nitrogen and oxygen atoms in total. The second kappa shape index (κ2) is 4.92. The number of hydrogen-bond donors (Lipinski definition) is 1. The van der Waals surface area contributed by atoms with E-state index in [9.17, 15) is 0 Å². The minimum atomic E-state index is 0.627. The molecule has 0 spiro atoms. The number of likely N-dealkylation sites (N-methyl/N-ethyl adjacent to an activating group) is 1. The first-order valence-electron chi connectivity index (χ1n) is 6.24. The summed E-state index contributed by atoms with van der Waals surface area (Å²) in [5.41, 5.74) is 2.01. The van der Waals surface area contributed by atoms with E-state index in [-0.39, 0.29) is 0 Å². The lowest BCUT2D eigenvalue weighted by atomic mass is 10.1. The second-order valence-corrected chi connectivity index (χ2v) is 4.74. The Morgan fingerprint density at radius 1 is 1.33 bits per heavy atom. The van der Waals surface area contributed by atoms with E-state index in [2.05, 4.69) is 22.2 Å². The fourth-order valence-electron chi connectivity index (χ4n) is 2.06. The lowest BCUT2D eigenvalue weighted by Crippen LogP contribution is -2.55. The summed E-state index contributed by atoms with van der Waals surface area (Å²) >= 11 is 0. The molecule has 1 aromatic heterocycles. The Labute approximate surface area is 107 Å². The molecule has 1 N–H and O–H groups in total. The van der Waals surface area contributed by atoms with E-state index in [0.717, 1.165) is 30.9 Å². The minimum Gasteiger partial charge on any atom is -0.444 e. The van der Waals surface area contributed by atoms with Crippen LogP contribution in [0.4, 0.5) is 0 Å². The summed E-state index contributed by atoms with van der Waals surface area (Å²) < 4.78 is 5.53. The first kappa shape index (κ1) is 11.4. The van der Waals surface area contributed by atoms with Crippen LogP contribution < -0.4 is 5.32 Å². The van der Waals surface area contributed by atoms with Crippen molar-refractivity contribution in [2.75, 3.05) is 20.1 Å². The topological polar surface area (TPSA) is 41.3 Å². The van der Waals surface area contributed by atoms with Gasteiger partial charge in [-0.3, -0.25) is 4.90 Å². The van der Waals surface area contributed by atoms with Gasteiger partial charge in [-0.25, -0.2) is 4.98 Å². The van der Waals surface area contributed by atoms with Crippen LogP contribution in [0.1, 0.15) is 5.69 Å². The zero-order valence-electron chi connectivity index (χ0n) is 10.5. The molecule has 94 valence electrons. The lowest BCUT2D eigenvalue weighted by molar-refractivity contribution is 0.171. The quantitative estimate of drug-likeness (QED) is 0.888. The van der Waals surface area contributed by atoms with E-state index in [1.54, 1.807) is 6.26 Å². The van der Waals surface area contributed by atoms with E-state index in [0.29, 0.717) is 11.9 Å². The minimum absolute atomic E-state index is 0.627. The number of benzene rings is 1. The van der Waals surface area contributed by atoms with Crippen LogP contribution in [0.3, 0.4) is 0 Å². The maximum absolute atomic E-state index is 5.53. The van der Waals surface area contributed by atoms with Crippen molar-refractivity contribution in [1.82, 2.24) is 15.2 Å². The molecule has 1 aliphatic rings. The van der Waals surface area contributed by atoms with Gasteiger partial charge in [-0.1, -0.05) is 18.2 Å². The monoisotopic (exact) mass is 243 g/mol. The van der Waals surface area contributed by atoms with E-state index in [1.165, 1.54) is 0 Å². The summed E-state index contributed by atoms with van der Waals surface area (Å²) in [6, 6.07) is 10.6. The smallest absolute Gasteiger partial charge is 0.226 e. The van der Waals surface area contributed by atoms with E-state index in [1.807, 2.05) is 30.3 Å². The van der Waals surface area contributed by atoms with Crippen molar-refractivity contribution in [3.8, 4) is 11.5 Å². The molecule has 0 radical (unpaired) electrons. The molecule has 4 heteroatoms. The van der Waals surface area contributed by atoms with Gasteiger partial charge in [-0.2, -0.15) is 0 Å². The molecule has 0 unspecified atom stereocenters. The van der Waals surface area contributed by atoms with Crippen LogP contribution in [0.5, 0.6) is 0 Å². The number of nitrogens with one attached hydrogen (secondary N) is 1. The predicted molar refractivity (Wildman–Crippen MR) is 70.1 cm³/mol. The molecule has 3 rings (SSSR count). The summed E-state index contributed by atoms with van der Waals surface area (Å²) in [7, 11) is 2.13. The first-order valence-corrected chi connectivity index (χ1v) is 6.24. The summed E-state index contributed by atoms with van der Waals surface area (Å²) in [6.45, 7) is 2.97. The molecule has 0 amide bonds. The van der Waals surface area contributed by atoms with Gasteiger partial charge in [-0.15, -0.1) is 0 Å². The molecular weight excluding hydrogens is 226 g/mol. The van der Waals surface area contributed by atoms with Crippen molar-refractivity contribution in [3.05, 3.63) is 42.3 Å². The Hall–Kier alpha value is -1.65. The maximum Gasteiger partial charge on any atom is 0.226 e. The fourth-order valence-corrected chi connectivity index (χ4v) is 2.06. The average Bonchev–Trinajstić information content (AvgIpc) is 2.76. The van der Waals surface area contributed by atoms with Gasteiger partial charge in [0.15, 0.2) is 0 Å². The van der Waals surface area contributed by atoms with Gasteiger partial charge in [0.1, 0.15) is 6.26 Å². The molecule has 2 heterocycles. The van der Waals surface area contributed by atoms with Crippen molar-refractivity contribution >= 4 is 0 Å². The Morgan fingerprint density at radius 2 is 2.11 bits per heavy atom. The Balaban J connectivity index is 1.69. The average molecular weight is 243 g/mol. The molecule has 1 aliphatic heterocycles. The second-order valence-electron chi connectivity index (χ2n) is 4.74. The summed E-state index contributed by atoms with van der Waals surface area (Å²) in [4.78, 5) is 6.84. The van der Waals surface area contributed by atoms with Crippen LogP contribution in [0.2, 0.25) is 0 Å². The van der Waals surface area contributed by atoms with E-state index < -0.39 is 0 Å². The van der Waals surface area contributed by atoms with Crippen molar-refractivity contribution in [3.63, 3.8) is 0 Å². The van der Waals surface area contributed by atoms with Crippen LogP contribution in [0, 0.1) is 0 Å². The van der Waals surface area contributed by atoms with Crippen molar-refractivity contribution < 1.29 is 4.42 Å². The first-order chi connectivity index (χ1) is 8.83. The number of nitrogens with zero attached hydrogens (tertiary/aromatic N) is 2. The van der Waals surface area contributed by atoms with Crippen LogP contribution in [0.15, 0.2) is 41.0 Å². The molecule has 0 saturated carbocycles. The Morgan fingerprint density at radius 3 is 2.78 bits per heavy atom. The van der Waals surface area contributed by atoms with Gasteiger partial charge >= 0.3 is 0 Å². The molecular formula is C14H17N3O. The number of rotatable bonds is 4. The number of hydrogen-bond acceptors (Lipinski definition) is 4. The van der Waals surface area contributed by atoms with Crippen LogP contribution >= 0.6 is 0 Å². The molecule has 1 aromatic carbocycles. The third-order valence-electron chi connectivity index (χ3n) is 3.37. The largest absolute Gasteiger partial charge is 0.444 e. The molecule has 0 atom stereocenters. The molecule has 1 fully saturated rings. The SMILES string of the molecule is CN(Cc1coc(-c2ccccc2)n1)C1CNC1. The highest BCUT2D eigenvalue weighted by Crippen LogP contribution is 2.19. The highest BCUT2D eigenvalue weighted by Gasteiger charge is 2.22. The zero-order chi connectivity index (χ0) is 12.4. The normalized spacial score (nSPS) is 15.9. The molecule has 1 saturated heterocycles. The fraction of sp³-hybridized carbons (Fsp3) is 0.357. The Bertz CT molecular complexity index is 505. The van der Waals surface area contributed by atoms with Gasteiger partial charge in [0.2, 0.25) is 5.89 Å². The van der Waals surface area contributed by atoms with Crippen LogP contribution in [0.25, 0.3) is 11.5 Å². The highest BCUT2D eigenvalue weighted by molar-refractivity contribution is 5.52. The van der Waals surface area contributed by atoms with Crippen molar-refractivity contribution in [1.29, 1.82) is 0 Å². The van der Waals surface area contributed by atoms with Gasteiger partial charge in [0.25, 0.3) is 0 Å². The van der Waals surface area contributed by atoms with Gasteiger partial charge in [0.05, 0.1) is 5.69 Å². The summed E-state index contributed by atoms with van der Waals surface area (Å²) in [6.07, 6.45) is 1.75. The van der Waals surface area contributed by atoms with E-state index in [4.69, 9.17) is 4.42 Å². The Kier molecular flexibility index (Phi) is 3.13. The van der Waals surface area contributed by atoms with Gasteiger partial charge in [0, 0.05) is 31.2 Å². The summed E-state index contributed by atoms with van der Waals surface area (Å²) in [5, 5.41) is 3.27. The van der Waals surface area contributed by atoms with Gasteiger partial charge < -0.3 is 9.73 Å². The third kappa shape index (κ3) is 2.30. The summed E-state index contributed by atoms with van der Waals surface area (Å²) in [5.74, 6) is 0.700. The van der Waals surface area contributed by atoms with Crippen molar-refractivity contribution in [2.24, 2.45) is 0 Å². The molecule has 0 bridgehead atoms.